The standard InChI is InChI=1S/C21H29N3O2/c1-15(2)26-19-12-8-17(9-13-19)24-20(22)23-14-21(3,4)16-6-10-18(25-5)11-7-16/h6-13,15H,14H2,1-5H3,(H3,22,23,24). The number of benzene rings is 2. The Balaban J connectivity index is 1.97. The maximum Gasteiger partial charge on any atom is 0.193 e. The fourth-order valence-corrected chi connectivity index (χ4v) is 2.49. The van der Waals surface area contributed by atoms with Crippen molar-refractivity contribution in [1.82, 2.24) is 0 Å². The molecule has 0 heterocycles. The topological polar surface area (TPSA) is 68.9 Å². The summed E-state index contributed by atoms with van der Waals surface area (Å²) in [7, 11) is 1.66. The zero-order valence-corrected chi connectivity index (χ0v) is 16.2. The van der Waals surface area contributed by atoms with Crippen LogP contribution in [0.4, 0.5) is 5.69 Å². The molecule has 0 bridgehead atoms. The third-order valence-corrected chi connectivity index (χ3v) is 4.01. The van der Waals surface area contributed by atoms with Crippen molar-refractivity contribution in [2.75, 3.05) is 19.0 Å². The number of hydrogen-bond donors (Lipinski definition) is 2. The number of hydrogen-bond acceptors (Lipinski definition) is 3. The van der Waals surface area contributed by atoms with Gasteiger partial charge in [-0.25, -0.2) is 0 Å². The van der Waals surface area contributed by atoms with E-state index in [2.05, 4.69) is 36.3 Å². The number of nitrogens with one attached hydrogen (secondary N) is 1. The van der Waals surface area contributed by atoms with Crippen LogP contribution in [0.1, 0.15) is 33.3 Å². The van der Waals surface area contributed by atoms with Crippen molar-refractivity contribution in [2.45, 2.75) is 39.2 Å². The Kier molecular flexibility index (Phi) is 6.50. The molecule has 5 heteroatoms. The molecule has 0 radical (unpaired) electrons. The lowest BCUT2D eigenvalue weighted by Gasteiger charge is -2.23. The molecule has 0 fully saturated rings. The highest BCUT2D eigenvalue weighted by Gasteiger charge is 2.20. The van der Waals surface area contributed by atoms with E-state index in [1.165, 1.54) is 5.56 Å². The Hall–Kier alpha value is -2.69. The van der Waals surface area contributed by atoms with Gasteiger partial charge in [-0.15, -0.1) is 0 Å². The van der Waals surface area contributed by atoms with E-state index in [0.29, 0.717) is 12.5 Å². The first-order valence-electron chi connectivity index (χ1n) is 8.78. The second kappa shape index (κ2) is 8.61. The van der Waals surface area contributed by atoms with Gasteiger partial charge < -0.3 is 20.5 Å². The second-order valence-electron chi connectivity index (χ2n) is 7.13. The second-order valence-corrected chi connectivity index (χ2v) is 7.13. The maximum absolute atomic E-state index is 6.04. The largest absolute Gasteiger partial charge is 0.497 e. The number of nitrogens with zero attached hydrogens (tertiary/aromatic N) is 1. The summed E-state index contributed by atoms with van der Waals surface area (Å²) in [5.41, 5.74) is 7.98. The molecular weight excluding hydrogens is 326 g/mol. The summed E-state index contributed by atoms with van der Waals surface area (Å²) < 4.78 is 10.8. The molecule has 0 saturated carbocycles. The van der Waals surface area contributed by atoms with Gasteiger partial charge in [0.15, 0.2) is 5.96 Å². The van der Waals surface area contributed by atoms with E-state index in [1.54, 1.807) is 7.11 Å². The van der Waals surface area contributed by atoms with Gasteiger partial charge >= 0.3 is 0 Å². The van der Waals surface area contributed by atoms with Crippen LogP contribution in [0.25, 0.3) is 0 Å². The molecule has 26 heavy (non-hydrogen) atoms. The van der Waals surface area contributed by atoms with Gasteiger partial charge in [-0.1, -0.05) is 26.0 Å². The molecule has 0 unspecified atom stereocenters. The molecule has 0 aromatic heterocycles. The number of ether oxygens (including phenoxy) is 2. The monoisotopic (exact) mass is 355 g/mol. The van der Waals surface area contributed by atoms with Crippen LogP contribution < -0.4 is 20.5 Å². The predicted octanol–water partition coefficient (Wildman–Crippen LogP) is 4.19. The zero-order valence-electron chi connectivity index (χ0n) is 16.2. The SMILES string of the molecule is COc1ccc(C(C)(C)CN=C(N)Nc2ccc(OC(C)C)cc2)cc1. The van der Waals surface area contributed by atoms with Gasteiger partial charge in [0.05, 0.1) is 19.8 Å². The zero-order chi connectivity index (χ0) is 19.2. The van der Waals surface area contributed by atoms with Crippen LogP contribution in [0.2, 0.25) is 0 Å². The maximum atomic E-state index is 6.04. The first-order chi connectivity index (χ1) is 12.3. The smallest absolute Gasteiger partial charge is 0.193 e. The summed E-state index contributed by atoms with van der Waals surface area (Å²) in [5.74, 6) is 2.07. The van der Waals surface area contributed by atoms with E-state index in [9.17, 15) is 0 Å². The van der Waals surface area contributed by atoms with Crippen molar-refractivity contribution in [3.63, 3.8) is 0 Å². The number of rotatable bonds is 7. The van der Waals surface area contributed by atoms with Gasteiger partial charge in [0.1, 0.15) is 11.5 Å². The first-order valence-corrected chi connectivity index (χ1v) is 8.78. The molecule has 0 aliphatic carbocycles. The number of guanidine groups is 1. The van der Waals surface area contributed by atoms with Crippen molar-refractivity contribution >= 4 is 11.6 Å². The number of methoxy groups -OCH3 is 1. The Morgan fingerprint density at radius 1 is 1.04 bits per heavy atom. The fraction of sp³-hybridized carbons (Fsp3) is 0.381. The van der Waals surface area contributed by atoms with E-state index in [1.807, 2.05) is 50.2 Å². The van der Waals surface area contributed by atoms with E-state index in [4.69, 9.17) is 15.2 Å². The molecule has 140 valence electrons. The minimum absolute atomic E-state index is 0.131. The quantitative estimate of drug-likeness (QED) is 0.577. The molecule has 5 nitrogen and oxygen atoms in total. The van der Waals surface area contributed by atoms with Gasteiger partial charge in [0, 0.05) is 11.1 Å². The summed E-state index contributed by atoms with van der Waals surface area (Å²) in [6, 6.07) is 15.7. The third kappa shape index (κ3) is 5.69. The molecule has 0 aliphatic heterocycles. The Morgan fingerprint density at radius 3 is 2.15 bits per heavy atom. The van der Waals surface area contributed by atoms with E-state index >= 15 is 0 Å². The van der Waals surface area contributed by atoms with Crippen molar-refractivity contribution in [1.29, 1.82) is 0 Å². The van der Waals surface area contributed by atoms with Crippen LogP contribution in [0.3, 0.4) is 0 Å². The van der Waals surface area contributed by atoms with Crippen molar-refractivity contribution in [2.24, 2.45) is 10.7 Å². The minimum Gasteiger partial charge on any atom is -0.497 e. The Bertz CT molecular complexity index is 720. The van der Waals surface area contributed by atoms with Crippen LogP contribution in [-0.2, 0) is 5.41 Å². The van der Waals surface area contributed by atoms with Gasteiger partial charge in [-0.05, 0) is 55.8 Å². The molecule has 0 spiro atoms. The summed E-state index contributed by atoms with van der Waals surface area (Å²) in [6.45, 7) is 8.86. The van der Waals surface area contributed by atoms with Gasteiger partial charge in [0.2, 0.25) is 0 Å². The average Bonchev–Trinajstić information content (AvgIpc) is 2.61. The first kappa shape index (κ1) is 19.6. The summed E-state index contributed by atoms with van der Waals surface area (Å²) >= 11 is 0. The van der Waals surface area contributed by atoms with Crippen molar-refractivity contribution in [3.8, 4) is 11.5 Å². The highest BCUT2D eigenvalue weighted by molar-refractivity contribution is 5.92. The molecule has 0 amide bonds. The molecule has 3 N–H and O–H groups in total. The molecule has 0 aliphatic rings. The highest BCUT2D eigenvalue weighted by Crippen LogP contribution is 2.25. The molecule has 2 aromatic rings. The van der Waals surface area contributed by atoms with Gasteiger partial charge in [0.25, 0.3) is 0 Å². The lowest BCUT2D eigenvalue weighted by Crippen LogP contribution is -2.27. The number of anilines is 1. The van der Waals surface area contributed by atoms with Crippen LogP contribution in [0.15, 0.2) is 53.5 Å². The third-order valence-electron chi connectivity index (χ3n) is 4.01. The molecule has 0 atom stereocenters. The average molecular weight is 355 g/mol. The predicted molar refractivity (Wildman–Crippen MR) is 108 cm³/mol. The highest BCUT2D eigenvalue weighted by atomic mass is 16.5. The summed E-state index contributed by atoms with van der Waals surface area (Å²) in [4.78, 5) is 4.50. The van der Waals surface area contributed by atoms with E-state index in [-0.39, 0.29) is 11.5 Å². The molecule has 0 saturated heterocycles. The van der Waals surface area contributed by atoms with Crippen LogP contribution in [-0.4, -0.2) is 25.7 Å². The normalized spacial score (nSPS) is 12.2. The Morgan fingerprint density at radius 2 is 1.62 bits per heavy atom. The lowest BCUT2D eigenvalue weighted by molar-refractivity contribution is 0.242. The van der Waals surface area contributed by atoms with Gasteiger partial charge in [-0.3, -0.25) is 4.99 Å². The van der Waals surface area contributed by atoms with Crippen LogP contribution in [0, 0.1) is 0 Å². The van der Waals surface area contributed by atoms with Crippen molar-refractivity contribution in [3.05, 3.63) is 54.1 Å². The lowest BCUT2D eigenvalue weighted by atomic mass is 9.85. The van der Waals surface area contributed by atoms with Crippen molar-refractivity contribution < 1.29 is 9.47 Å². The van der Waals surface area contributed by atoms with Gasteiger partial charge in [-0.2, -0.15) is 0 Å². The summed E-state index contributed by atoms with van der Waals surface area (Å²) in [6.07, 6.45) is 0.153. The number of nitrogens with two attached hydrogens (primary N) is 1. The minimum atomic E-state index is -0.131. The molecule has 2 rings (SSSR count). The van der Waals surface area contributed by atoms with Crippen LogP contribution >= 0.6 is 0 Å². The Labute approximate surface area is 156 Å². The van der Waals surface area contributed by atoms with E-state index in [0.717, 1.165) is 17.2 Å². The summed E-state index contributed by atoms with van der Waals surface area (Å²) in [5, 5.41) is 3.12. The van der Waals surface area contributed by atoms with Crippen LogP contribution in [0.5, 0.6) is 11.5 Å². The number of aliphatic imine (C=N–C) groups is 1. The molecule has 2 aromatic carbocycles. The van der Waals surface area contributed by atoms with E-state index < -0.39 is 0 Å². The molecular formula is C21H29N3O2. The fourth-order valence-electron chi connectivity index (χ4n) is 2.49.